The van der Waals surface area contributed by atoms with E-state index in [1.165, 1.54) is 21.1 Å². The van der Waals surface area contributed by atoms with E-state index < -0.39 is 12.1 Å². The lowest BCUT2D eigenvalue weighted by atomic mass is 10.1. The summed E-state index contributed by atoms with van der Waals surface area (Å²) in [6.45, 7) is 1.71. The van der Waals surface area contributed by atoms with E-state index in [4.69, 9.17) is 13.9 Å². The number of carbonyl (C=O) groups excluding carboxylic acids is 2. The fourth-order valence-electron chi connectivity index (χ4n) is 2.02. The summed E-state index contributed by atoms with van der Waals surface area (Å²) >= 11 is 0. The molecule has 6 heteroatoms. The molecule has 0 radical (unpaired) electrons. The maximum absolute atomic E-state index is 12.2. The number of ether oxygens (including phenoxy) is 2. The Hall–Kier alpha value is -2.34. The van der Waals surface area contributed by atoms with Crippen LogP contribution in [0.5, 0.6) is 0 Å². The molecule has 0 aliphatic carbocycles. The van der Waals surface area contributed by atoms with Gasteiger partial charge >= 0.3 is 5.97 Å². The predicted octanol–water partition coefficient (Wildman–Crippen LogP) is 1.87. The molecular formula is C15H17NO5. The van der Waals surface area contributed by atoms with Crippen LogP contribution in [-0.4, -0.2) is 32.1 Å². The Morgan fingerprint density at radius 2 is 2.05 bits per heavy atom. The molecule has 1 aromatic carbocycles. The van der Waals surface area contributed by atoms with Gasteiger partial charge in [-0.2, -0.15) is 0 Å². The molecule has 1 heterocycles. The Balaban J connectivity index is 2.34. The van der Waals surface area contributed by atoms with Gasteiger partial charge in [0.15, 0.2) is 6.10 Å². The van der Waals surface area contributed by atoms with E-state index in [2.05, 4.69) is 5.32 Å². The molecule has 21 heavy (non-hydrogen) atoms. The smallest absolute Gasteiger partial charge is 0.375 e. The van der Waals surface area contributed by atoms with E-state index in [0.29, 0.717) is 11.1 Å². The molecule has 1 unspecified atom stereocenters. The first-order valence-electron chi connectivity index (χ1n) is 6.50. The van der Waals surface area contributed by atoms with Gasteiger partial charge in [-0.1, -0.05) is 18.2 Å². The van der Waals surface area contributed by atoms with Gasteiger partial charge in [-0.05, 0) is 13.0 Å². The van der Waals surface area contributed by atoms with Crippen LogP contribution in [0.15, 0.2) is 28.7 Å². The number of methoxy groups -OCH3 is 1. The average Bonchev–Trinajstić information content (AvgIpc) is 2.86. The number of hydrogen-bond acceptors (Lipinski definition) is 5. The van der Waals surface area contributed by atoms with E-state index in [1.807, 2.05) is 18.2 Å². The van der Waals surface area contributed by atoms with Gasteiger partial charge in [-0.25, -0.2) is 4.79 Å². The monoisotopic (exact) mass is 291 g/mol. The molecule has 1 aromatic heterocycles. The lowest BCUT2D eigenvalue weighted by Gasteiger charge is -2.11. The molecular weight excluding hydrogens is 274 g/mol. The molecule has 0 aliphatic rings. The predicted molar refractivity (Wildman–Crippen MR) is 75.9 cm³/mol. The van der Waals surface area contributed by atoms with Crippen LogP contribution in [0.25, 0.3) is 11.0 Å². The fraction of sp³-hybridized carbons (Fsp3) is 0.333. The molecule has 1 atom stereocenters. The number of benzene rings is 1. The molecule has 1 N–H and O–H groups in total. The minimum Gasteiger partial charge on any atom is -0.449 e. The molecule has 0 fully saturated rings. The topological polar surface area (TPSA) is 77.8 Å². The van der Waals surface area contributed by atoms with Crippen molar-refractivity contribution in [2.45, 2.75) is 19.6 Å². The lowest BCUT2D eigenvalue weighted by Crippen LogP contribution is -2.33. The number of fused-ring (bicyclic) bond motifs is 1. The number of furan rings is 1. The number of para-hydroxylation sites is 1. The standard InChI is InChI=1S/C15H17NO5/c1-9(14(17)16-2)20-15(18)13-11(8-19-3)10-6-4-5-7-12(10)21-13/h4-7,9H,8H2,1-3H3,(H,16,17). The van der Waals surface area contributed by atoms with Crippen molar-refractivity contribution in [1.82, 2.24) is 5.32 Å². The number of carbonyl (C=O) groups is 2. The van der Waals surface area contributed by atoms with E-state index in [0.717, 1.165) is 5.39 Å². The Bertz CT molecular complexity index is 661. The first kappa shape index (κ1) is 15.1. The van der Waals surface area contributed by atoms with Crippen molar-refractivity contribution in [2.75, 3.05) is 14.2 Å². The summed E-state index contributed by atoms with van der Waals surface area (Å²) in [7, 11) is 3.01. The first-order chi connectivity index (χ1) is 10.1. The highest BCUT2D eigenvalue weighted by Crippen LogP contribution is 2.27. The molecule has 0 aliphatic heterocycles. The van der Waals surface area contributed by atoms with Crippen LogP contribution in [0.1, 0.15) is 23.0 Å². The van der Waals surface area contributed by atoms with Crippen molar-refractivity contribution < 1.29 is 23.5 Å². The normalized spacial score (nSPS) is 12.1. The summed E-state index contributed by atoms with van der Waals surface area (Å²) in [5.41, 5.74) is 1.19. The Labute approximate surface area is 122 Å². The molecule has 2 rings (SSSR count). The highest BCUT2D eigenvalue weighted by molar-refractivity contribution is 5.97. The molecule has 112 valence electrons. The van der Waals surface area contributed by atoms with Gasteiger partial charge in [-0.3, -0.25) is 4.79 Å². The van der Waals surface area contributed by atoms with Gasteiger partial charge in [-0.15, -0.1) is 0 Å². The largest absolute Gasteiger partial charge is 0.449 e. The van der Waals surface area contributed by atoms with Gasteiger partial charge in [0.1, 0.15) is 5.58 Å². The molecule has 0 spiro atoms. The second-order valence-corrected chi connectivity index (χ2v) is 4.50. The van der Waals surface area contributed by atoms with Crippen LogP contribution < -0.4 is 5.32 Å². The van der Waals surface area contributed by atoms with E-state index >= 15 is 0 Å². The molecule has 6 nitrogen and oxygen atoms in total. The van der Waals surface area contributed by atoms with Crippen molar-refractivity contribution in [3.63, 3.8) is 0 Å². The zero-order valence-corrected chi connectivity index (χ0v) is 12.1. The van der Waals surface area contributed by atoms with E-state index in [-0.39, 0.29) is 18.3 Å². The molecule has 0 saturated carbocycles. The average molecular weight is 291 g/mol. The summed E-state index contributed by atoms with van der Waals surface area (Å²) in [4.78, 5) is 23.6. The maximum Gasteiger partial charge on any atom is 0.375 e. The van der Waals surface area contributed by atoms with Gasteiger partial charge in [0, 0.05) is 25.1 Å². The third-order valence-electron chi connectivity index (χ3n) is 3.07. The van der Waals surface area contributed by atoms with Gasteiger partial charge < -0.3 is 19.2 Å². The van der Waals surface area contributed by atoms with E-state index in [1.54, 1.807) is 6.07 Å². The van der Waals surface area contributed by atoms with Gasteiger partial charge in [0.05, 0.1) is 6.61 Å². The zero-order valence-electron chi connectivity index (χ0n) is 12.1. The maximum atomic E-state index is 12.2. The number of amides is 1. The fourth-order valence-corrected chi connectivity index (χ4v) is 2.02. The first-order valence-corrected chi connectivity index (χ1v) is 6.50. The Kier molecular flexibility index (Phi) is 4.59. The van der Waals surface area contributed by atoms with E-state index in [9.17, 15) is 9.59 Å². The van der Waals surface area contributed by atoms with Crippen molar-refractivity contribution in [1.29, 1.82) is 0 Å². The SMILES string of the molecule is CNC(=O)C(C)OC(=O)c1oc2ccccc2c1COC. The van der Waals surface area contributed by atoms with Crippen LogP contribution in [0.3, 0.4) is 0 Å². The highest BCUT2D eigenvalue weighted by atomic mass is 16.6. The van der Waals surface area contributed by atoms with Crippen molar-refractivity contribution in [3.8, 4) is 0 Å². The number of esters is 1. The minimum absolute atomic E-state index is 0.0637. The van der Waals surface area contributed by atoms with Crippen molar-refractivity contribution >= 4 is 22.8 Å². The van der Waals surface area contributed by atoms with Gasteiger partial charge in [0.2, 0.25) is 5.76 Å². The number of likely N-dealkylation sites (N-methyl/N-ethyl adjacent to an activating group) is 1. The highest BCUT2D eigenvalue weighted by Gasteiger charge is 2.25. The second-order valence-electron chi connectivity index (χ2n) is 4.50. The van der Waals surface area contributed by atoms with Crippen molar-refractivity contribution in [2.24, 2.45) is 0 Å². The summed E-state index contributed by atoms with van der Waals surface area (Å²) < 4.78 is 15.8. The summed E-state index contributed by atoms with van der Waals surface area (Å²) in [5, 5.41) is 3.21. The number of nitrogens with one attached hydrogen (secondary N) is 1. The lowest BCUT2D eigenvalue weighted by molar-refractivity contribution is -0.128. The summed E-state index contributed by atoms with van der Waals surface area (Å²) in [6, 6.07) is 7.25. The minimum atomic E-state index is -0.897. The van der Waals surface area contributed by atoms with Crippen LogP contribution >= 0.6 is 0 Å². The third kappa shape index (κ3) is 3.05. The van der Waals surface area contributed by atoms with Crippen LogP contribution in [-0.2, 0) is 20.9 Å². The Morgan fingerprint density at radius 3 is 2.71 bits per heavy atom. The van der Waals surface area contributed by atoms with Crippen LogP contribution in [0.2, 0.25) is 0 Å². The Morgan fingerprint density at radius 1 is 1.33 bits per heavy atom. The summed E-state index contributed by atoms with van der Waals surface area (Å²) in [5.74, 6) is -1.00. The summed E-state index contributed by atoms with van der Waals surface area (Å²) in [6.07, 6.45) is -0.897. The van der Waals surface area contributed by atoms with Gasteiger partial charge in [0.25, 0.3) is 5.91 Å². The zero-order chi connectivity index (χ0) is 15.4. The molecule has 2 aromatic rings. The molecule has 0 saturated heterocycles. The van der Waals surface area contributed by atoms with Crippen LogP contribution in [0.4, 0.5) is 0 Å². The van der Waals surface area contributed by atoms with Crippen molar-refractivity contribution in [3.05, 3.63) is 35.6 Å². The molecule has 0 bridgehead atoms. The number of rotatable bonds is 5. The number of hydrogen-bond donors (Lipinski definition) is 1. The van der Waals surface area contributed by atoms with Crippen LogP contribution in [0, 0.1) is 0 Å². The third-order valence-corrected chi connectivity index (χ3v) is 3.07. The second kappa shape index (κ2) is 6.41. The molecule has 1 amide bonds. The quantitative estimate of drug-likeness (QED) is 0.851.